The van der Waals surface area contributed by atoms with Crippen molar-refractivity contribution in [2.45, 2.75) is 45.2 Å². The molecule has 4 rings (SSSR count). The highest BCUT2D eigenvalue weighted by molar-refractivity contribution is 6.38. The van der Waals surface area contributed by atoms with E-state index in [0.717, 1.165) is 31.2 Å². The predicted octanol–water partition coefficient (Wildman–Crippen LogP) is 5.10. The van der Waals surface area contributed by atoms with Gasteiger partial charge in [0.2, 0.25) is 0 Å². The lowest BCUT2D eigenvalue weighted by molar-refractivity contribution is 0.310. The maximum atomic E-state index is 13.3. The monoisotopic (exact) mass is 416 g/mol. The van der Waals surface area contributed by atoms with Gasteiger partial charge in [0.05, 0.1) is 22.5 Å². The first-order chi connectivity index (χ1) is 13.5. The molecular formula is C22H22Cl2N2O2. The molecule has 6 heteroatoms. The van der Waals surface area contributed by atoms with Crippen LogP contribution in [0.1, 0.15) is 37.7 Å². The topological polar surface area (TPSA) is 44.0 Å². The maximum Gasteiger partial charge on any atom is 0.331 e. The molecule has 0 unspecified atom stereocenters. The summed E-state index contributed by atoms with van der Waals surface area (Å²) in [6.45, 7) is 0.805. The van der Waals surface area contributed by atoms with Crippen molar-refractivity contribution in [2.75, 3.05) is 0 Å². The highest BCUT2D eigenvalue weighted by Crippen LogP contribution is 2.27. The van der Waals surface area contributed by atoms with Crippen LogP contribution in [0.25, 0.3) is 10.9 Å². The molecule has 1 fully saturated rings. The second-order valence-corrected chi connectivity index (χ2v) is 8.40. The number of fused-ring (bicyclic) bond motifs is 1. The Morgan fingerprint density at radius 1 is 0.929 bits per heavy atom. The summed E-state index contributed by atoms with van der Waals surface area (Å²) in [5.74, 6) is 0.354. The molecule has 4 nitrogen and oxygen atoms in total. The fourth-order valence-electron chi connectivity index (χ4n) is 4.16. The Labute approximate surface area is 173 Å². The first-order valence-corrected chi connectivity index (χ1v) is 10.5. The van der Waals surface area contributed by atoms with Crippen molar-refractivity contribution < 1.29 is 0 Å². The van der Waals surface area contributed by atoms with Gasteiger partial charge in [-0.1, -0.05) is 72.8 Å². The van der Waals surface area contributed by atoms with Crippen LogP contribution in [0.15, 0.2) is 52.1 Å². The Bertz CT molecular complexity index is 1110. The predicted molar refractivity (Wildman–Crippen MR) is 115 cm³/mol. The largest absolute Gasteiger partial charge is 0.331 e. The number of aromatic nitrogens is 2. The van der Waals surface area contributed by atoms with Crippen LogP contribution in [-0.4, -0.2) is 9.13 Å². The van der Waals surface area contributed by atoms with Gasteiger partial charge in [0, 0.05) is 11.6 Å². The third kappa shape index (κ3) is 3.76. The summed E-state index contributed by atoms with van der Waals surface area (Å²) in [6.07, 6.45) is 5.64. The van der Waals surface area contributed by atoms with E-state index >= 15 is 0 Å². The standard InChI is InChI=1S/C22H22Cl2N2O2/c23-17-11-18(24)20-19(12-17)25(13-15-7-3-1-4-8-15)22(28)26(21(20)27)14-16-9-5-2-6-10-16/h1,3-4,7-8,11-12,16H,2,5-6,9-10,13-14H2. The fourth-order valence-corrected chi connectivity index (χ4v) is 4.73. The molecule has 0 saturated heterocycles. The molecule has 1 aliphatic carbocycles. The van der Waals surface area contributed by atoms with Crippen LogP contribution in [-0.2, 0) is 13.1 Å². The Balaban J connectivity index is 1.92. The lowest BCUT2D eigenvalue weighted by Gasteiger charge is -2.23. The first-order valence-electron chi connectivity index (χ1n) is 9.71. The molecule has 146 valence electrons. The van der Waals surface area contributed by atoms with Crippen molar-refractivity contribution in [1.82, 2.24) is 9.13 Å². The number of rotatable bonds is 4. The normalized spacial score (nSPS) is 15.2. The van der Waals surface area contributed by atoms with Crippen LogP contribution in [0.5, 0.6) is 0 Å². The van der Waals surface area contributed by atoms with Crippen LogP contribution in [0.2, 0.25) is 10.0 Å². The average Bonchev–Trinajstić information content (AvgIpc) is 2.69. The molecule has 0 N–H and O–H groups in total. The van der Waals surface area contributed by atoms with Crippen molar-refractivity contribution in [3.63, 3.8) is 0 Å². The lowest BCUT2D eigenvalue weighted by Crippen LogP contribution is -2.42. The van der Waals surface area contributed by atoms with Crippen molar-refractivity contribution in [3.05, 3.63) is 78.9 Å². The quantitative estimate of drug-likeness (QED) is 0.593. The zero-order valence-electron chi connectivity index (χ0n) is 15.5. The summed E-state index contributed by atoms with van der Waals surface area (Å²) in [5.41, 5.74) is 0.836. The van der Waals surface area contributed by atoms with Crippen LogP contribution in [0.3, 0.4) is 0 Å². The number of hydrogen-bond acceptors (Lipinski definition) is 2. The van der Waals surface area contributed by atoms with Gasteiger partial charge < -0.3 is 0 Å². The number of halogens is 2. The molecule has 28 heavy (non-hydrogen) atoms. The van der Waals surface area contributed by atoms with E-state index in [4.69, 9.17) is 23.2 Å². The molecule has 1 aliphatic rings. The van der Waals surface area contributed by atoms with E-state index in [-0.39, 0.29) is 16.3 Å². The second-order valence-electron chi connectivity index (χ2n) is 7.56. The zero-order valence-corrected chi connectivity index (χ0v) is 17.0. The smallest absolute Gasteiger partial charge is 0.289 e. The van der Waals surface area contributed by atoms with E-state index in [0.29, 0.717) is 34.9 Å². The van der Waals surface area contributed by atoms with E-state index in [1.807, 2.05) is 30.3 Å². The van der Waals surface area contributed by atoms with E-state index in [1.165, 1.54) is 11.0 Å². The van der Waals surface area contributed by atoms with Crippen LogP contribution in [0.4, 0.5) is 0 Å². The summed E-state index contributed by atoms with van der Waals surface area (Å²) >= 11 is 12.6. The Morgan fingerprint density at radius 3 is 2.36 bits per heavy atom. The first kappa shape index (κ1) is 19.3. The minimum absolute atomic E-state index is 0.284. The number of hydrogen-bond donors (Lipinski definition) is 0. The maximum absolute atomic E-state index is 13.3. The van der Waals surface area contributed by atoms with Gasteiger partial charge in [-0.05, 0) is 36.5 Å². The summed E-state index contributed by atoms with van der Waals surface area (Å²) in [6, 6.07) is 12.9. The second kappa shape index (κ2) is 8.14. The van der Waals surface area contributed by atoms with Crippen molar-refractivity contribution in [3.8, 4) is 0 Å². The zero-order chi connectivity index (χ0) is 19.7. The molecule has 0 spiro atoms. The van der Waals surface area contributed by atoms with Crippen LogP contribution < -0.4 is 11.2 Å². The Hall–Kier alpha value is -2.04. The van der Waals surface area contributed by atoms with Gasteiger partial charge in [-0.15, -0.1) is 0 Å². The van der Waals surface area contributed by atoms with E-state index in [1.54, 1.807) is 16.7 Å². The highest BCUT2D eigenvalue weighted by atomic mass is 35.5. The van der Waals surface area contributed by atoms with Crippen molar-refractivity contribution in [1.29, 1.82) is 0 Å². The van der Waals surface area contributed by atoms with Crippen molar-refractivity contribution >= 4 is 34.1 Å². The molecule has 0 aliphatic heterocycles. The number of benzene rings is 2. The van der Waals surface area contributed by atoms with Gasteiger partial charge in [0.15, 0.2) is 0 Å². The fraction of sp³-hybridized carbons (Fsp3) is 0.364. The Morgan fingerprint density at radius 2 is 1.64 bits per heavy atom. The van der Waals surface area contributed by atoms with Gasteiger partial charge in [-0.2, -0.15) is 0 Å². The molecule has 0 amide bonds. The summed E-state index contributed by atoms with van der Waals surface area (Å²) in [4.78, 5) is 26.5. The van der Waals surface area contributed by atoms with Crippen LogP contribution >= 0.6 is 23.2 Å². The molecular weight excluding hydrogens is 395 g/mol. The highest BCUT2D eigenvalue weighted by Gasteiger charge is 2.21. The Kier molecular flexibility index (Phi) is 5.61. The van der Waals surface area contributed by atoms with Gasteiger partial charge in [0.1, 0.15) is 0 Å². The van der Waals surface area contributed by atoms with E-state index in [9.17, 15) is 9.59 Å². The number of nitrogens with zero attached hydrogens (tertiary/aromatic N) is 2. The van der Waals surface area contributed by atoms with Crippen LogP contribution in [0, 0.1) is 5.92 Å². The molecule has 0 radical (unpaired) electrons. The third-order valence-electron chi connectivity index (χ3n) is 5.59. The SMILES string of the molecule is O=c1c2c(Cl)cc(Cl)cc2n(Cc2ccccc2)c(=O)n1CC1CCCCC1. The molecule has 2 aromatic carbocycles. The van der Waals surface area contributed by atoms with Gasteiger partial charge in [-0.25, -0.2) is 4.79 Å². The molecule has 1 aromatic heterocycles. The molecule has 0 atom stereocenters. The molecule has 1 saturated carbocycles. The molecule has 0 bridgehead atoms. The average molecular weight is 417 g/mol. The molecule has 1 heterocycles. The molecule has 3 aromatic rings. The summed E-state index contributed by atoms with van der Waals surface area (Å²) < 4.78 is 2.99. The van der Waals surface area contributed by atoms with Crippen molar-refractivity contribution in [2.24, 2.45) is 5.92 Å². The lowest BCUT2D eigenvalue weighted by atomic mass is 9.89. The summed E-state index contributed by atoms with van der Waals surface area (Å²) in [7, 11) is 0. The summed E-state index contributed by atoms with van der Waals surface area (Å²) in [5, 5.41) is 1.05. The van der Waals surface area contributed by atoms with E-state index < -0.39 is 0 Å². The third-order valence-corrected chi connectivity index (χ3v) is 6.11. The van der Waals surface area contributed by atoms with E-state index in [2.05, 4.69) is 0 Å². The van der Waals surface area contributed by atoms with Gasteiger partial charge >= 0.3 is 5.69 Å². The van der Waals surface area contributed by atoms with Gasteiger partial charge in [0.25, 0.3) is 5.56 Å². The van der Waals surface area contributed by atoms with Gasteiger partial charge in [-0.3, -0.25) is 13.9 Å². The minimum atomic E-state index is -0.323. The minimum Gasteiger partial charge on any atom is -0.289 e.